The van der Waals surface area contributed by atoms with Gasteiger partial charge in [0.2, 0.25) is 0 Å². The fraction of sp³-hybridized carbons (Fsp3) is 0.182. The predicted molar refractivity (Wildman–Crippen MR) is 63.0 cm³/mol. The second-order valence-corrected chi connectivity index (χ2v) is 3.90. The molecule has 0 amide bonds. The minimum atomic E-state index is 0.251. The molecule has 1 N–H and O–H groups in total. The fourth-order valence-corrected chi connectivity index (χ4v) is 2.07. The van der Waals surface area contributed by atoms with Crippen LogP contribution >= 0.6 is 16.1 Å². The van der Waals surface area contributed by atoms with Crippen molar-refractivity contribution in [1.82, 2.24) is 8.81 Å². The average molecular weight is 267 g/mol. The quantitative estimate of drug-likeness (QED) is 0.908. The Kier molecular flexibility index (Phi) is 2.77. The molecule has 0 atom stereocenters. The molecular weight excluding hydrogens is 256 g/mol. The maximum Gasteiger partial charge on any atom is 0.166 e. The summed E-state index contributed by atoms with van der Waals surface area (Å²) < 4.78 is 1.54. The summed E-state index contributed by atoms with van der Waals surface area (Å²) in [5.74, 6) is 0.251. The maximum absolute atomic E-state index is 9.95. The standard InChI is InChI=1S/C11H11BrN2O/c1-2-9-11(15)10(14(12)13-9)8-6-4-3-5-7-8/h3-7,15H,2H2,1H3. The van der Waals surface area contributed by atoms with Gasteiger partial charge in [-0.2, -0.15) is 8.81 Å². The lowest BCUT2D eigenvalue weighted by atomic mass is 10.1. The zero-order valence-corrected chi connectivity index (χ0v) is 9.90. The van der Waals surface area contributed by atoms with Crippen LogP contribution in [-0.2, 0) is 6.42 Å². The molecule has 15 heavy (non-hydrogen) atoms. The van der Waals surface area contributed by atoms with Crippen LogP contribution in [-0.4, -0.2) is 13.9 Å². The number of hydrogen-bond donors (Lipinski definition) is 1. The Morgan fingerprint density at radius 2 is 2.00 bits per heavy atom. The molecule has 78 valence electrons. The molecule has 0 spiro atoms. The highest BCUT2D eigenvalue weighted by molar-refractivity contribution is 9.08. The zero-order valence-electron chi connectivity index (χ0n) is 8.31. The first-order valence-electron chi connectivity index (χ1n) is 4.76. The van der Waals surface area contributed by atoms with Gasteiger partial charge >= 0.3 is 0 Å². The lowest BCUT2D eigenvalue weighted by Crippen LogP contribution is -1.86. The van der Waals surface area contributed by atoms with E-state index < -0.39 is 0 Å². The third kappa shape index (κ3) is 1.77. The van der Waals surface area contributed by atoms with Gasteiger partial charge in [0, 0.05) is 5.56 Å². The van der Waals surface area contributed by atoms with Gasteiger partial charge < -0.3 is 5.11 Å². The van der Waals surface area contributed by atoms with Gasteiger partial charge in [-0.25, -0.2) is 0 Å². The number of halogens is 1. The fourth-order valence-electron chi connectivity index (χ4n) is 1.50. The Morgan fingerprint density at radius 3 is 2.53 bits per heavy atom. The number of nitrogens with zero attached hydrogens (tertiary/aromatic N) is 2. The van der Waals surface area contributed by atoms with Gasteiger partial charge in [-0.3, -0.25) is 0 Å². The van der Waals surface area contributed by atoms with Gasteiger partial charge in [0.05, 0.1) is 16.1 Å². The number of aryl methyl sites for hydroxylation is 1. The Hall–Kier alpha value is -1.29. The maximum atomic E-state index is 9.95. The molecule has 0 bridgehead atoms. The minimum absolute atomic E-state index is 0.251. The van der Waals surface area contributed by atoms with E-state index in [-0.39, 0.29) is 5.75 Å². The molecule has 0 aliphatic rings. The van der Waals surface area contributed by atoms with E-state index in [4.69, 9.17) is 0 Å². The van der Waals surface area contributed by atoms with Gasteiger partial charge in [-0.1, -0.05) is 37.3 Å². The normalized spacial score (nSPS) is 10.5. The smallest absolute Gasteiger partial charge is 0.166 e. The highest BCUT2D eigenvalue weighted by Gasteiger charge is 2.15. The molecule has 0 aliphatic heterocycles. The molecule has 0 fully saturated rings. The summed E-state index contributed by atoms with van der Waals surface area (Å²) in [7, 11) is 0. The van der Waals surface area contributed by atoms with Crippen LogP contribution in [0.1, 0.15) is 12.6 Å². The van der Waals surface area contributed by atoms with E-state index >= 15 is 0 Å². The predicted octanol–water partition coefficient (Wildman–Crippen LogP) is 2.98. The molecule has 0 saturated carbocycles. The number of aromatic nitrogens is 2. The molecular formula is C11H11BrN2O. The lowest BCUT2D eigenvalue weighted by molar-refractivity contribution is 0.471. The Bertz CT molecular complexity index is 465. The molecule has 4 heteroatoms. The molecule has 1 aromatic heterocycles. The van der Waals surface area contributed by atoms with Crippen LogP contribution in [0.3, 0.4) is 0 Å². The second-order valence-electron chi connectivity index (χ2n) is 3.22. The van der Waals surface area contributed by atoms with Crippen molar-refractivity contribution in [2.75, 3.05) is 0 Å². The molecule has 0 unspecified atom stereocenters. The first-order valence-corrected chi connectivity index (χ1v) is 5.47. The van der Waals surface area contributed by atoms with Crippen LogP contribution in [0, 0.1) is 0 Å². The lowest BCUT2D eigenvalue weighted by Gasteiger charge is -2.00. The van der Waals surface area contributed by atoms with E-state index in [0.29, 0.717) is 17.8 Å². The van der Waals surface area contributed by atoms with Crippen LogP contribution in [0.4, 0.5) is 0 Å². The summed E-state index contributed by atoms with van der Waals surface area (Å²) in [6.45, 7) is 1.96. The van der Waals surface area contributed by atoms with Gasteiger partial charge in [0.1, 0.15) is 11.4 Å². The van der Waals surface area contributed by atoms with E-state index in [2.05, 4.69) is 21.2 Å². The summed E-state index contributed by atoms with van der Waals surface area (Å²) >= 11 is 3.29. The van der Waals surface area contributed by atoms with Crippen molar-refractivity contribution >= 4 is 16.1 Å². The first kappa shape index (κ1) is 10.2. The Balaban J connectivity index is 2.58. The van der Waals surface area contributed by atoms with E-state index in [1.54, 1.807) is 0 Å². The van der Waals surface area contributed by atoms with Crippen molar-refractivity contribution < 1.29 is 5.11 Å². The van der Waals surface area contributed by atoms with Crippen molar-refractivity contribution in [3.63, 3.8) is 0 Å². The van der Waals surface area contributed by atoms with Crippen LogP contribution in [0.2, 0.25) is 0 Å². The van der Waals surface area contributed by atoms with Crippen LogP contribution < -0.4 is 0 Å². The average Bonchev–Trinajstić information content (AvgIpc) is 2.55. The van der Waals surface area contributed by atoms with Crippen LogP contribution in [0.25, 0.3) is 11.3 Å². The summed E-state index contributed by atoms with van der Waals surface area (Å²) in [5, 5.41) is 14.1. The third-order valence-electron chi connectivity index (χ3n) is 2.27. The van der Waals surface area contributed by atoms with Gasteiger partial charge in [0.15, 0.2) is 5.75 Å². The summed E-state index contributed by atoms with van der Waals surface area (Å²) in [5.41, 5.74) is 2.34. The molecule has 0 saturated heterocycles. The van der Waals surface area contributed by atoms with Crippen LogP contribution in [0.15, 0.2) is 30.3 Å². The van der Waals surface area contributed by atoms with Crippen molar-refractivity contribution in [1.29, 1.82) is 0 Å². The molecule has 1 heterocycles. The minimum Gasteiger partial charge on any atom is -0.504 e. The van der Waals surface area contributed by atoms with Crippen molar-refractivity contribution in [3.05, 3.63) is 36.0 Å². The molecule has 0 aliphatic carbocycles. The van der Waals surface area contributed by atoms with E-state index in [9.17, 15) is 5.11 Å². The number of hydrogen-bond acceptors (Lipinski definition) is 2. The largest absolute Gasteiger partial charge is 0.504 e. The summed E-state index contributed by atoms with van der Waals surface area (Å²) in [6, 6.07) is 9.68. The van der Waals surface area contributed by atoms with Gasteiger partial charge in [-0.05, 0) is 6.42 Å². The summed E-state index contributed by atoms with van der Waals surface area (Å²) in [6.07, 6.45) is 0.713. The SMILES string of the molecule is CCc1nn(Br)c(-c2ccccc2)c1O. The second kappa shape index (κ2) is 4.06. The van der Waals surface area contributed by atoms with Gasteiger partial charge in [-0.15, -0.1) is 0 Å². The van der Waals surface area contributed by atoms with Crippen molar-refractivity contribution in [2.24, 2.45) is 0 Å². The highest BCUT2D eigenvalue weighted by Crippen LogP contribution is 2.33. The molecule has 3 nitrogen and oxygen atoms in total. The van der Waals surface area contributed by atoms with Gasteiger partial charge in [0.25, 0.3) is 0 Å². The number of aromatic hydroxyl groups is 1. The third-order valence-corrected chi connectivity index (χ3v) is 2.79. The molecule has 2 rings (SSSR count). The zero-order chi connectivity index (χ0) is 10.8. The Labute approximate surface area is 96.7 Å². The monoisotopic (exact) mass is 266 g/mol. The van der Waals surface area contributed by atoms with E-state index in [0.717, 1.165) is 5.56 Å². The van der Waals surface area contributed by atoms with E-state index in [1.807, 2.05) is 37.3 Å². The number of benzene rings is 1. The van der Waals surface area contributed by atoms with Crippen molar-refractivity contribution in [2.45, 2.75) is 13.3 Å². The Morgan fingerprint density at radius 1 is 1.33 bits per heavy atom. The summed E-state index contributed by atoms with van der Waals surface area (Å²) in [4.78, 5) is 0. The molecule has 1 aromatic carbocycles. The van der Waals surface area contributed by atoms with Crippen molar-refractivity contribution in [3.8, 4) is 17.0 Å². The number of rotatable bonds is 2. The van der Waals surface area contributed by atoms with Crippen LogP contribution in [0.5, 0.6) is 5.75 Å². The topological polar surface area (TPSA) is 38.0 Å². The van der Waals surface area contributed by atoms with E-state index in [1.165, 1.54) is 3.71 Å². The highest BCUT2D eigenvalue weighted by atomic mass is 79.9. The first-order chi connectivity index (χ1) is 7.24. The molecule has 2 aromatic rings. The molecule has 0 radical (unpaired) electrons.